The SMILES string of the molecule is Bc1ccc2c(c1)C(C)=C(C(C)(C)F)C2. The number of hydrogen-bond donors (Lipinski definition) is 0. The van der Waals surface area contributed by atoms with Crippen molar-refractivity contribution in [3.63, 3.8) is 0 Å². The van der Waals surface area contributed by atoms with Gasteiger partial charge in [0, 0.05) is 0 Å². The second kappa shape index (κ2) is 3.23. The molecule has 2 rings (SSSR count). The quantitative estimate of drug-likeness (QED) is 0.611. The van der Waals surface area contributed by atoms with Gasteiger partial charge in [-0.25, -0.2) is 4.39 Å². The van der Waals surface area contributed by atoms with Crippen LogP contribution in [0.5, 0.6) is 0 Å². The molecule has 0 amide bonds. The van der Waals surface area contributed by atoms with E-state index in [1.807, 2.05) is 6.92 Å². The maximum Gasteiger partial charge on any atom is 0.139 e. The predicted molar refractivity (Wildman–Crippen MR) is 66.1 cm³/mol. The monoisotopic (exact) mass is 202 g/mol. The van der Waals surface area contributed by atoms with E-state index < -0.39 is 5.67 Å². The summed E-state index contributed by atoms with van der Waals surface area (Å²) in [6.07, 6.45) is 0.769. The standard InChI is InChI=1S/C13H16BF/c1-8-11-7-10(14)5-4-9(11)6-12(8)13(2,3)15/h4-5,7H,6,14H2,1-3H3. The van der Waals surface area contributed by atoms with Gasteiger partial charge >= 0.3 is 0 Å². The Kier molecular flexibility index (Phi) is 2.25. The molecule has 0 heterocycles. The highest BCUT2D eigenvalue weighted by atomic mass is 19.1. The molecule has 0 fully saturated rings. The van der Waals surface area contributed by atoms with E-state index in [4.69, 9.17) is 0 Å². The molecule has 0 aromatic heterocycles. The van der Waals surface area contributed by atoms with E-state index in [0.29, 0.717) is 0 Å². The molecule has 0 saturated heterocycles. The molecule has 0 spiro atoms. The maximum absolute atomic E-state index is 14.0. The third kappa shape index (κ3) is 1.73. The van der Waals surface area contributed by atoms with Crippen LogP contribution in [0.25, 0.3) is 5.57 Å². The Balaban J connectivity index is 2.52. The van der Waals surface area contributed by atoms with Crippen molar-refractivity contribution in [2.24, 2.45) is 0 Å². The first kappa shape index (κ1) is 10.5. The zero-order valence-electron chi connectivity index (χ0n) is 9.82. The lowest BCUT2D eigenvalue weighted by Gasteiger charge is -2.17. The highest BCUT2D eigenvalue weighted by Crippen LogP contribution is 2.38. The molecular weight excluding hydrogens is 186 g/mol. The fourth-order valence-corrected chi connectivity index (χ4v) is 2.34. The Hall–Kier alpha value is -1.05. The number of alkyl halides is 1. The molecule has 0 nitrogen and oxygen atoms in total. The molecule has 0 bridgehead atoms. The van der Waals surface area contributed by atoms with E-state index in [9.17, 15) is 4.39 Å². The van der Waals surface area contributed by atoms with Crippen LogP contribution in [0.4, 0.5) is 4.39 Å². The zero-order chi connectivity index (χ0) is 11.2. The van der Waals surface area contributed by atoms with Crippen molar-refractivity contribution in [1.82, 2.24) is 0 Å². The molecule has 1 aliphatic carbocycles. The van der Waals surface area contributed by atoms with Crippen molar-refractivity contribution < 1.29 is 4.39 Å². The van der Waals surface area contributed by atoms with E-state index in [-0.39, 0.29) is 0 Å². The predicted octanol–water partition coefficient (Wildman–Crippen LogP) is 2.02. The minimum atomic E-state index is -1.20. The van der Waals surface area contributed by atoms with Crippen LogP contribution in [-0.4, -0.2) is 13.5 Å². The second-order valence-electron chi connectivity index (χ2n) is 4.91. The van der Waals surface area contributed by atoms with Gasteiger partial charge in [0.25, 0.3) is 0 Å². The number of halogens is 1. The average molecular weight is 202 g/mol. The number of rotatable bonds is 1. The van der Waals surface area contributed by atoms with E-state index >= 15 is 0 Å². The largest absolute Gasteiger partial charge is 0.240 e. The number of allylic oxidation sites excluding steroid dienone is 2. The normalized spacial score (nSPS) is 15.7. The molecule has 0 N–H and O–H groups in total. The van der Waals surface area contributed by atoms with E-state index in [1.165, 1.54) is 16.6 Å². The van der Waals surface area contributed by atoms with Gasteiger partial charge in [-0.2, -0.15) is 0 Å². The first-order chi connectivity index (χ1) is 6.89. The third-order valence-electron chi connectivity index (χ3n) is 3.21. The molecule has 2 heteroatoms. The van der Waals surface area contributed by atoms with Crippen LogP contribution < -0.4 is 5.46 Å². The molecule has 0 aliphatic heterocycles. The summed E-state index contributed by atoms with van der Waals surface area (Å²) < 4.78 is 14.0. The van der Waals surface area contributed by atoms with Gasteiger partial charge in [0.1, 0.15) is 13.5 Å². The Bertz CT molecular complexity index is 438. The molecule has 1 aromatic rings. The summed E-state index contributed by atoms with van der Waals surface area (Å²) in [7, 11) is 2.08. The first-order valence-electron chi connectivity index (χ1n) is 5.38. The number of fused-ring (bicyclic) bond motifs is 1. The van der Waals surface area contributed by atoms with E-state index in [0.717, 1.165) is 17.6 Å². The average Bonchev–Trinajstić information content (AvgIpc) is 2.43. The lowest BCUT2D eigenvalue weighted by atomic mass is 9.91. The number of hydrogen-bond acceptors (Lipinski definition) is 0. The van der Waals surface area contributed by atoms with E-state index in [2.05, 4.69) is 26.0 Å². The summed E-state index contributed by atoms with van der Waals surface area (Å²) >= 11 is 0. The lowest BCUT2D eigenvalue weighted by Crippen LogP contribution is -2.16. The van der Waals surface area contributed by atoms with Crippen molar-refractivity contribution in [2.75, 3.05) is 0 Å². The van der Waals surface area contributed by atoms with E-state index in [1.54, 1.807) is 13.8 Å². The molecule has 0 saturated carbocycles. The van der Waals surface area contributed by atoms with Crippen LogP contribution in [0.3, 0.4) is 0 Å². The molecule has 15 heavy (non-hydrogen) atoms. The maximum atomic E-state index is 14.0. The van der Waals surface area contributed by atoms with Crippen LogP contribution in [-0.2, 0) is 6.42 Å². The summed E-state index contributed by atoms with van der Waals surface area (Å²) in [5.74, 6) is 0. The van der Waals surface area contributed by atoms with Gasteiger partial charge in [-0.1, -0.05) is 23.7 Å². The lowest BCUT2D eigenvalue weighted by molar-refractivity contribution is 0.266. The molecule has 1 aliphatic rings. The Morgan fingerprint density at radius 1 is 1.33 bits per heavy atom. The van der Waals surface area contributed by atoms with Crippen LogP contribution in [0.15, 0.2) is 23.8 Å². The number of benzene rings is 1. The Morgan fingerprint density at radius 3 is 2.60 bits per heavy atom. The van der Waals surface area contributed by atoms with Gasteiger partial charge in [-0.3, -0.25) is 0 Å². The summed E-state index contributed by atoms with van der Waals surface area (Å²) in [5, 5.41) is 0. The van der Waals surface area contributed by atoms with Crippen molar-refractivity contribution in [3.8, 4) is 0 Å². The first-order valence-corrected chi connectivity index (χ1v) is 5.38. The molecule has 78 valence electrons. The Morgan fingerprint density at radius 2 is 2.00 bits per heavy atom. The topological polar surface area (TPSA) is 0 Å². The van der Waals surface area contributed by atoms with Crippen molar-refractivity contribution in [2.45, 2.75) is 32.9 Å². The fourth-order valence-electron chi connectivity index (χ4n) is 2.34. The minimum absolute atomic E-state index is 0.769. The van der Waals surface area contributed by atoms with Crippen LogP contribution in [0.1, 0.15) is 31.9 Å². The zero-order valence-corrected chi connectivity index (χ0v) is 9.82. The summed E-state index contributed by atoms with van der Waals surface area (Å²) in [5.41, 5.74) is 4.60. The fraction of sp³-hybridized carbons (Fsp3) is 0.385. The third-order valence-corrected chi connectivity index (χ3v) is 3.21. The van der Waals surface area contributed by atoms with Crippen LogP contribution in [0.2, 0.25) is 0 Å². The van der Waals surface area contributed by atoms with Gasteiger partial charge in [-0.15, -0.1) is 0 Å². The van der Waals surface area contributed by atoms with Gasteiger partial charge in [-0.05, 0) is 49.5 Å². The van der Waals surface area contributed by atoms with Crippen LogP contribution >= 0.6 is 0 Å². The van der Waals surface area contributed by atoms with Crippen molar-refractivity contribution >= 4 is 18.9 Å². The van der Waals surface area contributed by atoms with Crippen LogP contribution in [0, 0.1) is 0 Å². The summed E-state index contributed by atoms with van der Waals surface area (Å²) in [6.45, 7) is 5.32. The minimum Gasteiger partial charge on any atom is -0.240 e. The van der Waals surface area contributed by atoms with Gasteiger partial charge in [0.2, 0.25) is 0 Å². The highest BCUT2D eigenvalue weighted by molar-refractivity contribution is 6.32. The molecular formula is C13H16BF. The molecule has 1 aromatic carbocycles. The second-order valence-corrected chi connectivity index (χ2v) is 4.91. The smallest absolute Gasteiger partial charge is 0.139 e. The molecule has 0 atom stereocenters. The van der Waals surface area contributed by atoms with Crippen molar-refractivity contribution in [1.29, 1.82) is 0 Å². The summed E-state index contributed by atoms with van der Waals surface area (Å²) in [6, 6.07) is 6.37. The van der Waals surface area contributed by atoms with Gasteiger partial charge < -0.3 is 0 Å². The molecule has 0 unspecified atom stereocenters. The van der Waals surface area contributed by atoms with Gasteiger partial charge in [0.15, 0.2) is 0 Å². The molecule has 0 radical (unpaired) electrons. The highest BCUT2D eigenvalue weighted by Gasteiger charge is 2.29. The Labute approximate surface area is 91.6 Å². The van der Waals surface area contributed by atoms with Gasteiger partial charge in [0.05, 0.1) is 0 Å². The van der Waals surface area contributed by atoms with Crippen molar-refractivity contribution in [3.05, 3.63) is 34.9 Å². The summed E-state index contributed by atoms with van der Waals surface area (Å²) in [4.78, 5) is 0.